The average molecular weight is 321 g/mol. The Morgan fingerprint density at radius 2 is 2.18 bits per heavy atom. The Balaban J connectivity index is 2.19. The van der Waals surface area contributed by atoms with Gasteiger partial charge in [0.1, 0.15) is 10.8 Å². The second-order valence-corrected chi connectivity index (χ2v) is 6.38. The van der Waals surface area contributed by atoms with Crippen LogP contribution in [0.1, 0.15) is 30.1 Å². The fraction of sp³-hybridized carbons (Fsp3) is 0.400. The van der Waals surface area contributed by atoms with Gasteiger partial charge in [0.15, 0.2) is 0 Å². The van der Waals surface area contributed by atoms with E-state index in [0.29, 0.717) is 12.3 Å². The highest BCUT2D eigenvalue weighted by atomic mass is 32.1. The molecule has 0 aliphatic heterocycles. The van der Waals surface area contributed by atoms with Gasteiger partial charge < -0.3 is 10.1 Å². The standard InChI is InChI=1S/C15H19N3O3S/c1-10-9-22-14(17-10)15(2,3)16-8-11-7-12(18(19)20)5-6-13(11)21-4/h5-7,9,16H,8H2,1-4H3. The minimum atomic E-state index is -0.404. The van der Waals surface area contributed by atoms with E-state index in [-0.39, 0.29) is 11.2 Å². The Hall–Kier alpha value is -1.99. The molecule has 1 heterocycles. The van der Waals surface area contributed by atoms with Crippen LogP contribution in [0.25, 0.3) is 0 Å². The van der Waals surface area contributed by atoms with Crippen molar-refractivity contribution in [2.45, 2.75) is 32.9 Å². The van der Waals surface area contributed by atoms with Crippen molar-refractivity contribution < 1.29 is 9.66 Å². The van der Waals surface area contributed by atoms with Gasteiger partial charge in [-0.05, 0) is 26.8 Å². The van der Waals surface area contributed by atoms with Crippen molar-refractivity contribution in [3.05, 3.63) is 50.0 Å². The summed E-state index contributed by atoms with van der Waals surface area (Å²) < 4.78 is 5.28. The van der Waals surface area contributed by atoms with E-state index in [1.807, 2.05) is 26.2 Å². The molecule has 7 heteroatoms. The maximum absolute atomic E-state index is 10.9. The molecule has 0 unspecified atom stereocenters. The Bertz CT molecular complexity index is 682. The molecule has 0 aliphatic rings. The fourth-order valence-corrected chi connectivity index (χ4v) is 2.95. The summed E-state index contributed by atoms with van der Waals surface area (Å²) in [5, 5.41) is 17.3. The number of non-ortho nitro benzene ring substituents is 1. The average Bonchev–Trinajstić information content (AvgIpc) is 2.92. The summed E-state index contributed by atoms with van der Waals surface area (Å²) in [5.74, 6) is 0.629. The van der Waals surface area contributed by atoms with Crippen molar-refractivity contribution in [3.63, 3.8) is 0 Å². The number of aryl methyl sites for hydroxylation is 1. The molecule has 0 radical (unpaired) electrons. The van der Waals surface area contributed by atoms with Crippen LogP contribution in [0, 0.1) is 17.0 Å². The first-order valence-corrected chi connectivity index (χ1v) is 7.70. The van der Waals surface area contributed by atoms with Crippen LogP contribution >= 0.6 is 11.3 Å². The molecule has 0 atom stereocenters. The van der Waals surface area contributed by atoms with Gasteiger partial charge in [0.25, 0.3) is 5.69 Å². The molecule has 1 N–H and O–H groups in total. The number of methoxy groups -OCH3 is 1. The monoisotopic (exact) mass is 321 g/mol. The molecule has 0 amide bonds. The number of hydrogen-bond donors (Lipinski definition) is 1. The maximum Gasteiger partial charge on any atom is 0.270 e. The van der Waals surface area contributed by atoms with Gasteiger partial charge in [0, 0.05) is 35.3 Å². The molecule has 2 rings (SSSR count). The van der Waals surface area contributed by atoms with E-state index >= 15 is 0 Å². The van der Waals surface area contributed by atoms with Crippen LogP contribution in [-0.2, 0) is 12.1 Å². The lowest BCUT2D eigenvalue weighted by atomic mass is 10.1. The molecule has 1 aromatic heterocycles. The number of hydrogen-bond acceptors (Lipinski definition) is 6. The molecule has 0 spiro atoms. The first kappa shape index (κ1) is 16.4. The van der Waals surface area contributed by atoms with Crippen molar-refractivity contribution in [2.24, 2.45) is 0 Å². The zero-order valence-corrected chi connectivity index (χ0v) is 13.9. The number of rotatable bonds is 6. The topological polar surface area (TPSA) is 77.3 Å². The Kier molecular flexibility index (Phi) is 4.77. The van der Waals surface area contributed by atoms with Gasteiger partial charge in [0.2, 0.25) is 0 Å². The van der Waals surface area contributed by atoms with E-state index in [4.69, 9.17) is 4.74 Å². The molecule has 0 bridgehead atoms. The first-order chi connectivity index (χ1) is 10.3. The SMILES string of the molecule is COc1ccc([N+](=O)[O-])cc1CNC(C)(C)c1nc(C)cs1. The Labute approximate surface area is 133 Å². The van der Waals surface area contributed by atoms with Crippen LogP contribution in [0.4, 0.5) is 5.69 Å². The van der Waals surface area contributed by atoms with Crippen LogP contribution in [0.15, 0.2) is 23.6 Å². The maximum atomic E-state index is 10.9. The van der Waals surface area contributed by atoms with Gasteiger partial charge in [-0.25, -0.2) is 4.98 Å². The Morgan fingerprint density at radius 3 is 2.73 bits per heavy atom. The lowest BCUT2D eigenvalue weighted by Gasteiger charge is -2.24. The summed E-state index contributed by atoms with van der Waals surface area (Å²) in [6.07, 6.45) is 0. The van der Waals surface area contributed by atoms with E-state index in [2.05, 4.69) is 10.3 Å². The Morgan fingerprint density at radius 1 is 1.45 bits per heavy atom. The third-order valence-electron chi connectivity index (χ3n) is 3.35. The molecule has 0 fully saturated rings. The molecule has 118 valence electrons. The molecule has 2 aromatic rings. The summed E-state index contributed by atoms with van der Waals surface area (Å²) in [7, 11) is 1.56. The molecule has 0 saturated carbocycles. The van der Waals surface area contributed by atoms with Crippen LogP contribution in [-0.4, -0.2) is 17.0 Å². The summed E-state index contributed by atoms with van der Waals surface area (Å²) >= 11 is 1.60. The summed E-state index contributed by atoms with van der Waals surface area (Å²) in [4.78, 5) is 15.0. The molecule has 0 saturated heterocycles. The first-order valence-electron chi connectivity index (χ1n) is 6.82. The molecule has 6 nitrogen and oxygen atoms in total. The number of aromatic nitrogens is 1. The van der Waals surface area contributed by atoms with Crippen LogP contribution in [0.5, 0.6) is 5.75 Å². The van der Waals surface area contributed by atoms with Crippen molar-refractivity contribution in [2.75, 3.05) is 7.11 Å². The predicted octanol–water partition coefficient (Wildman–Crippen LogP) is 3.39. The number of nitrogens with one attached hydrogen (secondary N) is 1. The number of nitrogens with zero attached hydrogens (tertiary/aromatic N) is 2. The van der Waals surface area contributed by atoms with E-state index in [9.17, 15) is 10.1 Å². The second-order valence-electron chi connectivity index (χ2n) is 5.53. The normalized spacial score (nSPS) is 11.5. The second kappa shape index (κ2) is 6.41. The van der Waals surface area contributed by atoms with E-state index < -0.39 is 4.92 Å². The van der Waals surface area contributed by atoms with Gasteiger partial charge in [-0.2, -0.15) is 0 Å². The molecular weight excluding hydrogens is 302 g/mol. The van der Waals surface area contributed by atoms with Crippen LogP contribution in [0.2, 0.25) is 0 Å². The summed E-state index contributed by atoms with van der Waals surface area (Å²) in [6.45, 7) is 6.49. The number of benzene rings is 1. The highest BCUT2D eigenvalue weighted by Gasteiger charge is 2.24. The van der Waals surface area contributed by atoms with E-state index in [1.54, 1.807) is 24.5 Å². The van der Waals surface area contributed by atoms with Crippen LogP contribution < -0.4 is 10.1 Å². The summed E-state index contributed by atoms with van der Waals surface area (Å²) in [5.41, 5.74) is 1.47. The number of thiazole rings is 1. The highest BCUT2D eigenvalue weighted by molar-refractivity contribution is 7.09. The quantitative estimate of drug-likeness (QED) is 0.652. The van der Waals surface area contributed by atoms with Crippen molar-refractivity contribution in [1.82, 2.24) is 10.3 Å². The van der Waals surface area contributed by atoms with Gasteiger partial charge in [0.05, 0.1) is 17.6 Å². The zero-order chi connectivity index (χ0) is 16.3. The summed E-state index contributed by atoms with van der Waals surface area (Å²) in [6, 6.07) is 4.60. The molecule has 1 aromatic carbocycles. The third-order valence-corrected chi connectivity index (χ3v) is 4.63. The lowest BCUT2D eigenvalue weighted by molar-refractivity contribution is -0.384. The van der Waals surface area contributed by atoms with Crippen LogP contribution in [0.3, 0.4) is 0 Å². The molecule has 0 aliphatic carbocycles. The third kappa shape index (κ3) is 3.61. The van der Waals surface area contributed by atoms with Crippen molar-refractivity contribution in [3.8, 4) is 5.75 Å². The number of nitro groups is 1. The van der Waals surface area contributed by atoms with Crippen molar-refractivity contribution >= 4 is 17.0 Å². The van der Waals surface area contributed by atoms with Gasteiger partial charge in [-0.15, -0.1) is 11.3 Å². The largest absolute Gasteiger partial charge is 0.496 e. The minimum absolute atomic E-state index is 0.0560. The van der Waals surface area contributed by atoms with Gasteiger partial charge in [-0.3, -0.25) is 10.1 Å². The van der Waals surface area contributed by atoms with Crippen molar-refractivity contribution in [1.29, 1.82) is 0 Å². The fourth-order valence-electron chi connectivity index (χ4n) is 2.05. The van der Waals surface area contributed by atoms with E-state index in [1.165, 1.54) is 12.1 Å². The minimum Gasteiger partial charge on any atom is -0.496 e. The van der Waals surface area contributed by atoms with Gasteiger partial charge in [-0.1, -0.05) is 0 Å². The predicted molar refractivity (Wildman–Crippen MR) is 86.4 cm³/mol. The number of nitro benzene ring substituents is 1. The lowest BCUT2D eigenvalue weighted by Crippen LogP contribution is -2.36. The zero-order valence-electron chi connectivity index (χ0n) is 13.0. The van der Waals surface area contributed by atoms with Gasteiger partial charge >= 0.3 is 0 Å². The molecular formula is C15H19N3O3S. The van der Waals surface area contributed by atoms with E-state index in [0.717, 1.165) is 16.3 Å². The smallest absolute Gasteiger partial charge is 0.270 e. The molecule has 22 heavy (non-hydrogen) atoms. The highest BCUT2D eigenvalue weighted by Crippen LogP contribution is 2.27. The number of ether oxygens (including phenoxy) is 1.